The number of nitrogens with zero attached hydrogens (tertiary/aromatic N) is 1. The lowest BCUT2D eigenvalue weighted by molar-refractivity contribution is -0.142. The molecule has 0 radical (unpaired) electrons. The molecule has 1 atom stereocenters. The number of carbonyl (C=O) groups is 2. The number of amides is 2. The van der Waals surface area contributed by atoms with E-state index in [9.17, 15) is 9.59 Å². The second kappa shape index (κ2) is 9.76. The fourth-order valence-electron chi connectivity index (χ4n) is 2.74. The maximum absolute atomic E-state index is 12.9. The third-order valence-corrected chi connectivity index (χ3v) is 4.50. The molecular weight excluding hydrogens is 340 g/mol. The summed E-state index contributed by atoms with van der Waals surface area (Å²) >= 11 is 0. The predicted octanol–water partition coefficient (Wildman–Crippen LogP) is 3.24. The molecule has 0 aromatic heterocycles. The molecule has 1 N–H and O–H groups in total. The molecule has 0 spiro atoms. The summed E-state index contributed by atoms with van der Waals surface area (Å²) < 4.78 is 5.64. The van der Waals surface area contributed by atoms with Gasteiger partial charge >= 0.3 is 0 Å². The third kappa shape index (κ3) is 5.84. The molecule has 5 heteroatoms. The first-order chi connectivity index (χ1) is 12.9. The molecule has 0 saturated carbocycles. The van der Waals surface area contributed by atoms with E-state index in [4.69, 9.17) is 4.74 Å². The molecule has 27 heavy (non-hydrogen) atoms. The van der Waals surface area contributed by atoms with Crippen LogP contribution in [-0.4, -0.2) is 35.9 Å². The van der Waals surface area contributed by atoms with Crippen LogP contribution in [0, 0.1) is 13.8 Å². The molecule has 0 unspecified atom stereocenters. The molecule has 144 valence electrons. The largest absolute Gasteiger partial charge is 0.484 e. The summed E-state index contributed by atoms with van der Waals surface area (Å²) in [5, 5.41) is 2.79. The van der Waals surface area contributed by atoms with Crippen LogP contribution >= 0.6 is 0 Å². The number of aryl methyl sites for hydroxylation is 2. The summed E-state index contributed by atoms with van der Waals surface area (Å²) in [5.74, 6) is 0.239. The van der Waals surface area contributed by atoms with E-state index in [-0.39, 0.29) is 18.4 Å². The zero-order chi connectivity index (χ0) is 19.8. The van der Waals surface area contributed by atoms with Crippen molar-refractivity contribution in [3.63, 3.8) is 0 Å². The minimum atomic E-state index is -0.585. The zero-order valence-electron chi connectivity index (χ0n) is 16.5. The topological polar surface area (TPSA) is 58.6 Å². The van der Waals surface area contributed by atoms with Crippen molar-refractivity contribution >= 4 is 11.8 Å². The van der Waals surface area contributed by atoms with E-state index in [2.05, 4.69) is 5.32 Å². The highest BCUT2D eigenvalue weighted by Gasteiger charge is 2.26. The SMILES string of the molecule is CCNC(=O)[C@@H](C)N(Cc1ccccc1C)C(=O)COc1ccc(C)cc1. The van der Waals surface area contributed by atoms with Crippen molar-refractivity contribution in [1.82, 2.24) is 10.2 Å². The van der Waals surface area contributed by atoms with Gasteiger partial charge in [-0.05, 0) is 51.0 Å². The Bertz CT molecular complexity index is 771. The van der Waals surface area contributed by atoms with Gasteiger partial charge in [-0.1, -0.05) is 42.0 Å². The van der Waals surface area contributed by atoms with Gasteiger partial charge in [0, 0.05) is 13.1 Å². The summed E-state index contributed by atoms with van der Waals surface area (Å²) in [6, 6.07) is 14.8. The van der Waals surface area contributed by atoms with Gasteiger partial charge in [0.1, 0.15) is 11.8 Å². The fourth-order valence-corrected chi connectivity index (χ4v) is 2.74. The quantitative estimate of drug-likeness (QED) is 0.778. The van der Waals surface area contributed by atoms with Crippen LogP contribution in [0.3, 0.4) is 0 Å². The second-order valence-electron chi connectivity index (χ2n) is 6.62. The van der Waals surface area contributed by atoms with Crippen molar-refractivity contribution in [3.8, 4) is 5.75 Å². The van der Waals surface area contributed by atoms with Gasteiger partial charge in [0.05, 0.1) is 0 Å². The lowest BCUT2D eigenvalue weighted by Crippen LogP contribution is -2.49. The van der Waals surface area contributed by atoms with Crippen molar-refractivity contribution < 1.29 is 14.3 Å². The molecular formula is C22H28N2O3. The van der Waals surface area contributed by atoms with E-state index in [1.165, 1.54) is 0 Å². The molecule has 2 rings (SSSR count). The molecule has 0 bridgehead atoms. The Labute approximate surface area is 161 Å². The molecule has 0 aliphatic carbocycles. The standard InChI is InChI=1S/C22H28N2O3/c1-5-23-22(26)18(4)24(14-19-9-7-6-8-17(19)3)21(25)15-27-20-12-10-16(2)11-13-20/h6-13,18H,5,14-15H2,1-4H3,(H,23,26)/t18-/m1/s1. The van der Waals surface area contributed by atoms with Gasteiger partial charge in [0.25, 0.3) is 5.91 Å². The first kappa shape index (κ1) is 20.5. The number of hydrogen-bond acceptors (Lipinski definition) is 3. The minimum Gasteiger partial charge on any atom is -0.484 e. The molecule has 0 fully saturated rings. The molecule has 2 aromatic rings. The molecule has 2 amide bonds. The average molecular weight is 368 g/mol. The van der Waals surface area contributed by atoms with Crippen LogP contribution in [0.25, 0.3) is 0 Å². The van der Waals surface area contributed by atoms with Crippen LogP contribution in [0.15, 0.2) is 48.5 Å². The highest BCUT2D eigenvalue weighted by molar-refractivity contribution is 5.87. The highest BCUT2D eigenvalue weighted by atomic mass is 16.5. The first-order valence-electron chi connectivity index (χ1n) is 9.23. The van der Waals surface area contributed by atoms with Crippen molar-refractivity contribution in [2.75, 3.05) is 13.2 Å². The Balaban J connectivity index is 2.14. The Hall–Kier alpha value is -2.82. The Morgan fingerprint density at radius 2 is 1.74 bits per heavy atom. The zero-order valence-corrected chi connectivity index (χ0v) is 16.5. The highest BCUT2D eigenvalue weighted by Crippen LogP contribution is 2.15. The van der Waals surface area contributed by atoms with E-state index in [0.29, 0.717) is 18.8 Å². The molecule has 0 heterocycles. The number of carbonyl (C=O) groups excluding carboxylic acids is 2. The van der Waals surface area contributed by atoms with E-state index >= 15 is 0 Å². The fraction of sp³-hybridized carbons (Fsp3) is 0.364. The van der Waals surface area contributed by atoms with Crippen molar-refractivity contribution in [2.24, 2.45) is 0 Å². The van der Waals surface area contributed by atoms with Crippen molar-refractivity contribution in [3.05, 3.63) is 65.2 Å². The van der Waals surface area contributed by atoms with Crippen LogP contribution in [0.5, 0.6) is 5.75 Å². The summed E-state index contributed by atoms with van der Waals surface area (Å²) in [6.45, 7) is 8.37. The average Bonchev–Trinajstić information content (AvgIpc) is 2.66. The lowest BCUT2D eigenvalue weighted by atomic mass is 10.1. The number of likely N-dealkylation sites (N-methyl/N-ethyl adjacent to an activating group) is 1. The maximum Gasteiger partial charge on any atom is 0.261 e. The van der Waals surface area contributed by atoms with Gasteiger partial charge in [0.2, 0.25) is 5.91 Å². The summed E-state index contributed by atoms with van der Waals surface area (Å²) in [5.41, 5.74) is 3.22. The van der Waals surface area contributed by atoms with E-state index in [1.54, 1.807) is 11.8 Å². The molecule has 2 aromatic carbocycles. The second-order valence-corrected chi connectivity index (χ2v) is 6.62. The van der Waals surface area contributed by atoms with Gasteiger partial charge in [0.15, 0.2) is 6.61 Å². The van der Waals surface area contributed by atoms with Crippen LogP contribution in [0.2, 0.25) is 0 Å². The smallest absolute Gasteiger partial charge is 0.261 e. The van der Waals surface area contributed by atoms with Gasteiger partial charge < -0.3 is 15.0 Å². The summed E-state index contributed by atoms with van der Waals surface area (Å²) in [4.78, 5) is 26.8. The molecule has 5 nitrogen and oxygen atoms in total. The number of rotatable bonds is 8. The monoisotopic (exact) mass is 368 g/mol. The van der Waals surface area contributed by atoms with Crippen LogP contribution in [0.4, 0.5) is 0 Å². The number of nitrogens with one attached hydrogen (secondary N) is 1. The maximum atomic E-state index is 12.9. The first-order valence-corrected chi connectivity index (χ1v) is 9.23. The molecule has 0 saturated heterocycles. The molecule has 0 aliphatic rings. The van der Waals surface area contributed by atoms with Crippen molar-refractivity contribution in [2.45, 2.75) is 40.3 Å². The molecule has 0 aliphatic heterocycles. The van der Waals surface area contributed by atoms with E-state index in [0.717, 1.165) is 16.7 Å². The normalized spacial score (nSPS) is 11.6. The van der Waals surface area contributed by atoms with Crippen LogP contribution in [-0.2, 0) is 16.1 Å². The number of benzene rings is 2. The van der Waals surface area contributed by atoms with Crippen LogP contribution < -0.4 is 10.1 Å². The Kier molecular flexibility index (Phi) is 7.41. The van der Waals surface area contributed by atoms with Crippen LogP contribution in [0.1, 0.15) is 30.5 Å². The Morgan fingerprint density at radius 3 is 2.37 bits per heavy atom. The number of ether oxygens (including phenoxy) is 1. The number of hydrogen-bond donors (Lipinski definition) is 1. The predicted molar refractivity (Wildman–Crippen MR) is 107 cm³/mol. The van der Waals surface area contributed by atoms with Gasteiger partial charge in [-0.3, -0.25) is 9.59 Å². The summed E-state index contributed by atoms with van der Waals surface area (Å²) in [6.07, 6.45) is 0. The van der Waals surface area contributed by atoms with Gasteiger partial charge in [-0.15, -0.1) is 0 Å². The van der Waals surface area contributed by atoms with Crippen molar-refractivity contribution in [1.29, 1.82) is 0 Å². The third-order valence-electron chi connectivity index (χ3n) is 4.50. The Morgan fingerprint density at radius 1 is 1.07 bits per heavy atom. The van der Waals surface area contributed by atoms with Gasteiger partial charge in [-0.25, -0.2) is 0 Å². The minimum absolute atomic E-state index is 0.112. The summed E-state index contributed by atoms with van der Waals surface area (Å²) in [7, 11) is 0. The van der Waals surface area contributed by atoms with Gasteiger partial charge in [-0.2, -0.15) is 0 Å². The van der Waals surface area contributed by atoms with E-state index < -0.39 is 6.04 Å². The van der Waals surface area contributed by atoms with E-state index in [1.807, 2.05) is 69.3 Å². The lowest BCUT2D eigenvalue weighted by Gasteiger charge is -2.29.